The van der Waals surface area contributed by atoms with Crippen LogP contribution in [0.3, 0.4) is 0 Å². The van der Waals surface area contributed by atoms with Gasteiger partial charge in [-0.2, -0.15) is 0 Å². The number of aromatic nitrogens is 1. The van der Waals surface area contributed by atoms with Gasteiger partial charge in [0.2, 0.25) is 0 Å². The number of nitrogens with zero attached hydrogens (tertiary/aromatic N) is 1. The number of carbonyl (C=O) groups is 1. The van der Waals surface area contributed by atoms with Crippen molar-refractivity contribution in [1.29, 1.82) is 0 Å². The van der Waals surface area contributed by atoms with Gasteiger partial charge in [-0.3, -0.25) is 9.78 Å². The number of thiocarbonyl (C=S) groups is 1. The van der Waals surface area contributed by atoms with Crippen molar-refractivity contribution >= 4 is 28.8 Å². The topological polar surface area (TPSA) is 68.0 Å². The third-order valence-electron chi connectivity index (χ3n) is 2.92. The number of anilines is 1. The Balaban J connectivity index is 2.19. The molecular weight excluding hydrogens is 270 g/mol. The maximum absolute atomic E-state index is 12.1. The molecule has 0 saturated carbocycles. The fraction of sp³-hybridized carbons (Fsp3) is 0.133. The normalized spacial score (nSPS) is 10.1. The molecule has 5 heteroatoms. The third kappa shape index (κ3) is 3.19. The zero-order valence-corrected chi connectivity index (χ0v) is 12.1. The Labute approximate surface area is 123 Å². The van der Waals surface area contributed by atoms with E-state index in [0.29, 0.717) is 11.3 Å². The van der Waals surface area contributed by atoms with E-state index in [1.165, 1.54) is 6.20 Å². The molecule has 0 aliphatic heterocycles. The van der Waals surface area contributed by atoms with Crippen LogP contribution < -0.4 is 11.1 Å². The summed E-state index contributed by atoms with van der Waals surface area (Å²) in [6.45, 7) is 3.92. The lowest BCUT2D eigenvalue weighted by atomic mass is 10.1. The van der Waals surface area contributed by atoms with E-state index in [4.69, 9.17) is 18.0 Å². The molecule has 0 aliphatic carbocycles. The second kappa shape index (κ2) is 5.79. The summed E-state index contributed by atoms with van der Waals surface area (Å²) in [6.07, 6.45) is 1.50. The lowest BCUT2D eigenvalue weighted by Crippen LogP contribution is -2.16. The summed E-state index contributed by atoms with van der Waals surface area (Å²) in [5.74, 6) is -0.256. The zero-order chi connectivity index (χ0) is 14.7. The van der Waals surface area contributed by atoms with Crippen molar-refractivity contribution in [2.24, 2.45) is 5.73 Å². The number of rotatable bonds is 3. The second-order valence-corrected chi connectivity index (χ2v) is 5.01. The number of amides is 1. The molecule has 1 aromatic heterocycles. The predicted octanol–water partition coefficient (Wildman–Crippen LogP) is 2.58. The minimum Gasteiger partial charge on any atom is -0.389 e. The van der Waals surface area contributed by atoms with Gasteiger partial charge in [0.1, 0.15) is 10.7 Å². The minimum absolute atomic E-state index is 0.256. The summed E-state index contributed by atoms with van der Waals surface area (Å²) < 4.78 is 0. The molecule has 102 valence electrons. The van der Waals surface area contributed by atoms with Crippen LogP contribution in [0, 0.1) is 13.8 Å². The molecule has 0 saturated heterocycles. The Bertz CT molecular complexity index is 665. The summed E-state index contributed by atoms with van der Waals surface area (Å²) in [4.78, 5) is 16.5. The van der Waals surface area contributed by atoms with Crippen molar-refractivity contribution in [3.63, 3.8) is 0 Å². The molecule has 2 aromatic rings. The zero-order valence-electron chi connectivity index (χ0n) is 11.3. The highest BCUT2D eigenvalue weighted by atomic mass is 32.1. The highest BCUT2D eigenvalue weighted by molar-refractivity contribution is 7.80. The van der Waals surface area contributed by atoms with Gasteiger partial charge in [-0.15, -0.1) is 0 Å². The maximum Gasteiger partial charge on any atom is 0.274 e. The Morgan fingerprint density at radius 1 is 1.25 bits per heavy atom. The molecule has 20 heavy (non-hydrogen) atoms. The number of pyridine rings is 1. The van der Waals surface area contributed by atoms with Crippen LogP contribution in [0.25, 0.3) is 0 Å². The second-order valence-electron chi connectivity index (χ2n) is 4.57. The lowest BCUT2D eigenvalue weighted by Gasteiger charge is -2.09. The summed E-state index contributed by atoms with van der Waals surface area (Å²) in [7, 11) is 0. The molecule has 0 radical (unpaired) electrons. The number of carbonyl (C=O) groups excluding carboxylic acids is 1. The number of hydrogen-bond acceptors (Lipinski definition) is 3. The standard InChI is InChI=1S/C15H15N3OS/c1-9-3-4-10(2)13(7-9)18-15(19)12-6-5-11(8-17-12)14(16)20/h3-8H,1-2H3,(H2,16,20)(H,18,19). The van der Waals surface area contributed by atoms with Crippen LogP contribution in [0.15, 0.2) is 36.5 Å². The van der Waals surface area contributed by atoms with Gasteiger partial charge in [-0.1, -0.05) is 24.4 Å². The van der Waals surface area contributed by atoms with E-state index in [1.54, 1.807) is 12.1 Å². The average molecular weight is 285 g/mol. The van der Waals surface area contributed by atoms with Crippen LogP contribution in [-0.4, -0.2) is 15.9 Å². The number of nitrogens with two attached hydrogens (primary N) is 1. The van der Waals surface area contributed by atoms with Gasteiger partial charge in [-0.25, -0.2) is 0 Å². The average Bonchev–Trinajstić information content (AvgIpc) is 2.43. The van der Waals surface area contributed by atoms with Gasteiger partial charge in [-0.05, 0) is 43.2 Å². The molecule has 1 amide bonds. The number of benzene rings is 1. The van der Waals surface area contributed by atoms with E-state index < -0.39 is 0 Å². The van der Waals surface area contributed by atoms with E-state index in [2.05, 4.69) is 10.3 Å². The molecule has 2 rings (SSSR count). The maximum atomic E-state index is 12.1. The molecular formula is C15H15N3OS. The van der Waals surface area contributed by atoms with Crippen molar-refractivity contribution in [2.75, 3.05) is 5.32 Å². The highest BCUT2D eigenvalue weighted by Crippen LogP contribution is 2.17. The molecule has 1 aromatic carbocycles. The van der Waals surface area contributed by atoms with Crippen molar-refractivity contribution in [3.8, 4) is 0 Å². The van der Waals surface area contributed by atoms with E-state index in [1.807, 2.05) is 32.0 Å². The fourth-order valence-corrected chi connectivity index (χ4v) is 1.85. The van der Waals surface area contributed by atoms with Crippen LogP contribution in [0.1, 0.15) is 27.2 Å². The van der Waals surface area contributed by atoms with E-state index in [0.717, 1.165) is 16.8 Å². The number of aryl methyl sites for hydroxylation is 2. The van der Waals surface area contributed by atoms with Gasteiger partial charge in [0.25, 0.3) is 5.91 Å². The summed E-state index contributed by atoms with van der Waals surface area (Å²) in [5, 5.41) is 2.85. The Kier molecular flexibility index (Phi) is 4.10. The monoisotopic (exact) mass is 285 g/mol. The van der Waals surface area contributed by atoms with Crippen LogP contribution in [0.2, 0.25) is 0 Å². The van der Waals surface area contributed by atoms with E-state index in [-0.39, 0.29) is 10.9 Å². The largest absolute Gasteiger partial charge is 0.389 e. The van der Waals surface area contributed by atoms with Crippen LogP contribution in [-0.2, 0) is 0 Å². The van der Waals surface area contributed by atoms with Crippen molar-refractivity contribution < 1.29 is 4.79 Å². The summed E-state index contributed by atoms with van der Waals surface area (Å²) in [5.41, 5.74) is 9.33. The van der Waals surface area contributed by atoms with Crippen molar-refractivity contribution in [3.05, 3.63) is 58.9 Å². The molecule has 0 bridgehead atoms. The molecule has 0 spiro atoms. The lowest BCUT2D eigenvalue weighted by molar-refractivity contribution is 0.102. The first-order valence-electron chi connectivity index (χ1n) is 6.12. The number of nitrogens with one attached hydrogen (secondary N) is 1. The van der Waals surface area contributed by atoms with Gasteiger partial charge in [0, 0.05) is 17.4 Å². The SMILES string of the molecule is Cc1ccc(C)c(NC(=O)c2ccc(C(N)=S)cn2)c1. The van der Waals surface area contributed by atoms with Crippen LogP contribution >= 0.6 is 12.2 Å². The van der Waals surface area contributed by atoms with Gasteiger partial charge >= 0.3 is 0 Å². The first kappa shape index (κ1) is 14.1. The Morgan fingerprint density at radius 3 is 2.60 bits per heavy atom. The quantitative estimate of drug-likeness (QED) is 0.851. The van der Waals surface area contributed by atoms with Gasteiger partial charge in [0.05, 0.1) is 0 Å². The van der Waals surface area contributed by atoms with E-state index >= 15 is 0 Å². The first-order chi connectivity index (χ1) is 9.47. The van der Waals surface area contributed by atoms with Gasteiger partial charge < -0.3 is 11.1 Å². The fourth-order valence-electron chi connectivity index (χ4n) is 1.73. The Morgan fingerprint density at radius 2 is 2.00 bits per heavy atom. The molecule has 1 heterocycles. The van der Waals surface area contributed by atoms with E-state index in [9.17, 15) is 4.79 Å². The highest BCUT2D eigenvalue weighted by Gasteiger charge is 2.09. The molecule has 0 aliphatic rings. The van der Waals surface area contributed by atoms with Crippen LogP contribution in [0.5, 0.6) is 0 Å². The molecule has 0 fully saturated rings. The molecule has 3 N–H and O–H groups in total. The number of hydrogen-bond donors (Lipinski definition) is 2. The van der Waals surface area contributed by atoms with Gasteiger partial charge in [0.15, 0.2) is 0 Å². The predicted molar refractivity (Wildman–Crippen MR) is 84.0 cm³/mol. The molecule has 0 atom stereocenters. The van der Waals surface area contributed by atoms with Crippen molar-refractivity contribution in [1.82, 2.24) is 4.98 Å². The minimum atomic E-state index is -0.256. The van der Waals surface area contributed by atoms with Crippen molar-refractivity contribution in [2.45, 2.75) is 13.8 Å². The molecule has 0 unspecified atom stereocenters. The first-order valence-corrected chi connectivity index (χ1v) is 6.52. The summed E-state index contributed by atoms with van der Waals surface area (Å²) in [6, 6.07) is 9.19. The van der Waals surface area contributed by atoms with Crippen LogP contribution in [0.4, 0.5) is 5.69 Å². The molecule has 4 nitrogen and oxygen atoms in total. The summed E-state index contributed by atoms with van der Waals surface area (Å²) >= 11 is 4.84. The Hall–Kier alpha value is -2.27. The third-order valence-corrected chi connectivity index (χ3v) is 3.16. The smallest absolute Gasteiger partial charge is 0.274 e.